The van der Waals surface area contributed by atoms with E-state index in [9.17, 15) is 9.59 Å². The van der Waals surface area contributed by atoms with Crippen molar-refractivity contribution in [2.45, 2.75) is 31.6 Å². The Bertz CT molecular complexity index is 504. The summed E-state index contributed by atoms with van der Waals surface area (Å²) in [5, 5.41) is 0.379. The van der Waals surface area contributed by atoms with E-state index in [1.54, 1.807) is 0 Å². The van der Waals surface area contributed by atoms with Crippen LogP contribution in [0.15, 0.2) is 17.2 Å². The summed E-state index contributed by atoms with van der Waals surface area (Å²) in [4.78, 5) is 26.4. The molecule has 2 unspecified atom stereocenters. The molecular formula is C10H13ClN4O3. The first kappa shape index (κ1) is 13.0. The third-order valence-electron chi connectivity index (χ3n) is 2.77. The number of hydrogen-bond acceptors (Lipinski definition) is 5. The summed E-state index contributed by atoms with van der Waals surface area (Å²) in [6, 6.07) is 0. The molecular weight excluding hydrogens is 260 g/mol. The Balaban J connectivity index is 2.01. The Morgan fingerprint density at radius 3 is 3.17 bits per heavy atom. The van der Waals surface area contributed by atoms with Gasteiger partial charge in [-0.05, 0) is 12.8 Å². The van der Waals surface area contributed by atoms with Gasteiger partial charge in [-0.1, -0.05) is 11.6 Å². The van der Waals surface area contributed by atoms with E-state index >= 15 is 0 Å². The van der Waals surface area contributed by atoms with Crippen LogP contribution in [0.1, 0.15) is 12.8 Å². The number of hydrogen-bond donors (Lipinski definition) is 2. The molecule has 1 aliphatic rings. The predicted octanol–water partition coefficient (Wildman–Crippen LogP) is -0.566. The summed E-state index contributed by atoms with van der Waals surface area (Å²) < 4.78 is 6.86. The van der Waals surface area contributed by atoms with Crippen molar-refractivity contribution >= 4 is 17.5 Å². The zero-order valence-electron chi connectivity index (χ0n) is 9.51. The smallest absolute Gasteiger partial charge is 0.347 e. The van der Waals surface area contributed by atoms with Gasteiger partial charge in [-0.3, -0.25) is 14.8 Å². The van der Waals surface area contributed by atoms with Gasteiger partial charge in [0, 0.05) is 6.20 Å². The molecule has 1 aliphatic heterocycles. The van der Waals surface area contributed by atoms with Crippen LogP contribution in [0.25, 0.3) is 0 Å². The molecule has 0 aromatic carbocycles. The second kappa shape index (κ2) is 5.47. The normalized spacial score (nSPS) is 23.0. The van der Waals surface area contributed by atoms with E-state index in [4.69, 9.17) is 22.2 Å². The average molecular weight is 273 g/mol. The molecule has 0 saturated carbocycles. The lowest BCUT2D eigenvalue weighted by molar-refractivity contribution is -0.132. The number of rotatable bonds is 3. The fourth-order valence-corrected chi connectivity index (χ4v) is 2.07. The van der Waals surface area contributed by atoms with Gasteiger partial charge in [-0.25, -0.2) is 15.6 Å². The van der Waals surface area contributed by atoms with Crippen molar-refractivity contribution in [3.05, 3.63) is 27.9 Å². The zero-order chi connectivity index (χ0) is 13.1. The third kappa shape index (κ3) is 2.87. The summed E-state index contributed by atoms with van der Waals surface area (Å²) in [7, 11) is 0. The summed E-state index contributed by atoms with van der Waals surface area (Å²) in [5.41, 5.74) is 1.65. The zero-order valence-corrected chi connectivity index (χ0v) is 10.3. The van der Waals surface area contributed by atoms with E-state index in [1.807, 2.05) is 5.43 Å². The Labute approximate surface area is 108 Å². The lowest BCUT2D eigenvalue weighted by Crippen LogP contribution is -2.39. The van der Waals surface area contributed by atoms with Gasteiger partial charge in [0.2, 0.25) is 0 Å². The molecule has 0 spiro atoms. The molecule has 2 rings (SSSR count). The molecule has 1 aromatic heterocycles. The highest BCUT2D eigenvalue weighted by Gasteiger charge is 2.30. The van der Waals surface area contributed by atoms with Crippen LogP contribution >= 0.6 is 11.6 Å². The maximum absolute atomic E-state index is 11.5. The van der Waals surface area contributed by atoms with Crippen LogP contribution in [0.5, 0.6) is 0 Å². The topological polar surface area (TPSA) is 99.2 Å². The molecule has 2 heterocycles. The minimum absolute atomic E-state index is 0.217. The van der Waals surface area contributed by atoms with Crippen molar-refractivity contribution < 1.29 is 9.53 Å². The Morgan fingerprint density at radius 2 is 2.44 bits per heavy atom. The van der Waals surface area contributed by atoms with Gasteiger partial charge in [0.15, 0.2) is 0 Å². The summed E-state index contributed by atoms with van der Waals surface area (Å²) in [5.74, 6) is 4.68. The van der Waals surface area contributed by atoms with Crippen molar-refractivity contribution in [1.29, 1.82) is 0 Å². The van der Waals surface area contributed by atoms with Crippen LogP contribution in [0.3, 0.4) is 0 Å². The van der Waals surface area contributed by atoms with Crippen molar-refractivity contribution in [3.63, 3.8) is 0 Å². The number of carbonyl (C=O) groups is 1. The highest BCUT2D eigenvalue weighted by Crippen LogP contribution is 2.20. The van der Waals surface area contributed by atoms with Gasteiger partial charge < -0.3 is 4.74 Å². The molecule has 7 nitrogen and oxygen atoms in total. The van der Waals surface area contributed by atoms with Crippen LogP contribution in [0.4, 0.5) is 0 Å². The Morgan fingerprint density at radius 1 is 1.67 bits per heavy atom. The van der Waals surface area contributed by atoms with Gasteiger partial charge in [-0.2, -0.15) is 0 Å². The van der Waals surface area contributed by atoms with Crippen molar-refractivity contribution in [3.8, 4) is 0 Å². The standard InChI is InChI=1S/C10H13ClN4O3/c11-6-3-13-10(17)15(4-6)5-7-1-2-8(18-7)9(16)14-12/h3-4,7-8H,1-2,5,12H2,(H,14,16). The first-order valence-electron chi connectivity index (χ1n) is 5.48. The second-order valence-corrected chi connectivity index (χ2v) is 4.48. The molecule has 3 N–H and O–H groups in total. The lowest BCUT2D eigenvalue weighted by Gasteiger charge is -2.13. The van der Waals surface area contributed by atoms with Crippen LogP contribution in [-0.2, 0) is 16.1 Å². The number of hydrazine groups is 1. The minimum atomic E-state index is -0.553. The van der Waals surface area contributed by atoms with E-state index in [0.717, 1.165) is 0 Å². The van der Waals surface area contributed by atoms with Crippen molar-refractivity contribution in [2.75, 3.05) is 0 Å². The maximum Gasteiger partial charge on any atom is 0.347 e. The molecule has 98 valence electrons. The van der Waals surface area contributed by atoms with Gasteiger partial charge in [0.05, 0.1) is 23.9 Å². The second-order valence-electron chi connectivity index (χ2n) is 4.04. The number of halogens is 1. The fraction of sp³-hybridized carbons (Fsp3) is 0.500. The van der Waals surface area contributed by atoms with E-state index < -0.39 is 11.8 Å². The highest BCUT2D eigenvalue weighted by molar-refractivity contribution is 6.30. The molecule has 0 radical (unpaired) electrons. The third-order valence-corrected chi connectivity index (χ3v) is 2.96. The molecule has 0 aliphatic carbocycles. The van der Waals surface area contributed by atoms with E-state index in [1.165, 1.54) is 17.0 Å². The lowest BCUT2D eigenvalue weighted by atomic mass is 10.2. The van der Waals surface area contributed by atoms with Gasteiger partial charge in [-0.15, -0.1) is 0 Å². The van der Waals surface area contributed by atoms with Crippen molar-refractivity contribution in [2.24, 2.45) is 5.84 Å². The Hall–Kier alpha value is -1.44. The van der Waals surface area contributed by atoms with Gasteiger partial charge in [0.1, 0.15) is 6.10 Å². The largest absolute Gasteiger partial charge is 0.363 e. The molecule has 1 amide bonds. The SMILES string of the molecule is NNC(=O)C1CCC(Cn2cc(Cl)cnc2=O)O1. The van der Waals surface area contributed by atoms with Gasteiger partial charge in [0.25, 0.3) is 5.91 Å². The number of nitrogens with two attached hydrogens (primary N) is 1. The average Bonchev–Trinajstić information content (AvgIpc) is 2.81. The Kier molecular flexibility index (Phi) is 3.95. The number of carbonyl (C=O) groups excluding carboxylic acids is 1. The van der Waals surface area contributed by atoms with Gasteiger partial charge >= 0.3 is 5.69 Å². The quantitative estimate of drug-likeness (QED) is 0.436. The molecule has 1 saturated heterocycles. The molecule has 8 heteroatoms. The van der Waals surface area contributed by atoms with Crippen LogP contribution in [-0.4, -0.2) is 27.7 Å². The minimum Gasteiger partial charge on any atom is -0.363 e. The highest BCUT2D eigenvalue weighted by atomic mass is 35.5. The van der Waals surface area contributed by atoms with Crippen LogP contribution in [0.2, 0.25) is 5.02 Å². The number of nitrogens with one attached hydrogen (secondary N) is 1. The van der Waals surface area contributed by atoms with E-state index in [2.05, 4.69) is 4.98 Å². The number of nitrogens with zero attached hydrogens (tertiary/aromatic N) is 2. The predicted molar refractivity (Wildman–Crippen MR) is 63.7 cm³/mol. The van der Waals surface area contributed by atoms with E-state index in [0.29, 0.717) is 24.4 Å². The van der Waals surface area contributed by atoms with E-state index in [-0.39, 0.29) is 12.0 Å². The summed E-state index contributed by atoms with van der Waals surface area (Å²) in [6.45, 7) is 0.320. The summed E-state index contributed by atoms with van der Waals surface area (Å²) >= 11 is 5.76. The first-order chi connectivity index (χ1) is 8.60. The first-order valence-corrected chi connectivity index (χ1v) is 5.86. The van der Waals surface area contributed by atoms with Crippen LogP contribution < -0.4 is 17.0 Å². The van der Waals surface area contributed by atoms with Crippen molar-refractivity contribution in [1.82, 2.24) is 15.0 Å². The number of ether oxygens (including phenoxy) is 1. The summed E-state index contributed by atoms with van der Waals surface area (Å²) in [6.07, 6.45) is 3.28. The molecule has 2 atom stereocenters. The monoisotopic (exact) mass is 272 g/mol. The number of amides is 1. The maximum atomic E-state index is 11.5. The molecule has 1 fully saturated rings. The van der Waals surface area contributed by atoms with Crippen LogP contribution in [0, 0.1) is 0 Å². The molecule has 0 bridgehead atoms. The number of aromatic nitrogens is 2. The molecule has 1 aromatic rings. The molecule has 18 heavy (non-hydrogen) atoms. The fourth-order valence-electron chi connectivity index (χ4n) is 1.90.